The fourth-order valence-electron chi connectivity index (χ4n) is 2.78. The third-order valence-corrected chi connectivity index (χ3v) is 6.00. The number of hydrogen-bond donors (Lipinski definition) is 1. The van der Waals surface area contributed by atoms with E-state index in [2.05, 4.69) is 22.4 Å². The normalized spacial score (nSPS) is 11.9. The molecule has 30 heavy (non-hydrogen) atoms. The minimum atomic E-state index is -0.288. The second-order valence-electron chi connectivity index (χ2n) is 6.62. The topological polar surface area (TPSA) is 69.0 Å². The number of hydrogen-bond acceptors (Lipinski definition) is 5. The Morgan fingerprint density at radius 3 is 2.63 bits per heavy atom. The minimum absolute atomic E-state index is 0.155. The Balaban J connectivity index is 1.59. The molecular formula is C21H22Cl2N4O2S. The molecule has 0 aliphatic carbocycles. The molecule has 2 aromatic carbocycles. The first-order valence-electron chi connectivity index (χ1n) is 9.40. The zero-order chi connectivity index (χ0) is 21.7. The maximum absolute atomic E-state index is 12.3. The van der Waals surface area contributed by atoms with Gasteiger partial charge in [0.1, 0.15) is 5.75 Å². The van der Waals surface area contributed by atoms with Gasteiger partial charge in [-0.3, -0.25) is 4.79 Å². The van der Waals surface area contributed by atoms with Crippen LogP contribution in [0.4, 0.5) is 5.69 Å². The van der Waals surface area contributed by atoms with Gasteiger partial charge < -0.3 is 14.6 Å². The highest BCUT2D eigenvalue weighted by molar-refractivity contribution is 7.99. The maximum atomic E-state index is 12.3. The van der Waals surface area contributed by atoms with Crippen LogP contribution in [0.2, 0.25) is 10.0 Å². The molecule has 6 nitrogen and oxygen atoms in total. The van der Waals surface area contributed by atoms with Gasteiger partial charge in [0.2, 0.25) is 5.91 Å². The van der Waals surface area contributed by atoms with Crippen molar-refractivity contribution in [3.05, 3.63) is 63.9 Å². The molecule has 1 amide bonds. The molecule has 1 atom stereocenters. The van der Waals surface area contributed by atoms with Gasteiger partial charge >= 0.3 is 0 Å². The second kappa shape index (κ2) is 10.2. The SMILES string of the molecule is CCc1ccc(OC(C)c2nnc(SCC(=O)Nc3cc(Cl)ccc3Cl)n2C)cc1. The lowest BCUT2D eigenvalue weighted by Crippen LogP contribution is -2.15. The van der Waals surface area contributed by atoms with Crippen molar-refractivity contribution in [2.75, 3.05) is 11.1 Å². The van der Waals surface area contributed by atoms with Crippen LogP contribution in [0.15, 0.2) is 47.6 Å². The second-order valence-corrected chi connectivity index (χ2v) is 8.40. The van der Waals surface area contributed by atoms with Crippen LogP contribution >= 0.6 is 35.0 Å². The third-order valence-electron chi connectivity index (χ3n) is 4.41. The van der Waals surface area contributed by atoms with Crippen LogP contribution in [0.5, 0.6) is 5.75 Å². The van der Waals surface area contributed by atoms with E-state index < -0.39 is 0 Å². The summed E-state index contributed by atoms with van der Waals surface area (Å²) in [6.45, 7) is 4.03. The smallest absolute Gasteiger partial charge is 0.234 e. The van der Waals surface area contributed by atoms with E-state index in [4.69, 9.17) is 27.9 Å². The van der Waals surface area contributed by atoms with Crippen molar-refractivity contribution in [1.29, 1.82) is 0 Å². The third kappa shape index (κ3) is 5.68. The fraction of sp³-hybridized carbons (Fsp3) is 0.286. The van der Waals surface area contributed by atoms with E-state index in [0.717, 1.165) is 12.2 Å². The number of halogens is 2. The average molecular weight is 465 g/mol. The molecule has 0 spiro atoms. The van der Waals surface area contributed by atoms with E-state index in [0.29, 0.717) is 26.7 Å². The number of benzene rings is 2. The molecule has 0 saturated heterocycles. The van der Waals surface area contributed by atoms with E-state index in [1.165, 1.54) is 17.3 Å². The van der Waals surface area contributed by atoms with Crippen LogP contribution < -0.4 is 10.1 Å². The summed E-state index contributed by atoms with van der Waals surface area (Å²) in [5.74, 6) is 1.39. The predicted molar refractivity (Wildman–Crippen MR) is 122 cm³/mol. The molecule has 0 fully saturated rings. The zero-order valence-electron chi connectivity index (χ0n) is 16.9. The fourth-order valence-corrected chi connectivity index (χ4v) is 3.83. The first kappa shape index (κ1) is 22.5. The number of aryl methyl sites for hydroxylation is 1. The number of aromatic nitrogens is 3. The highest BCUT2D eigenvalue weighted by Gasteiger charge is 2.18. The molecule has 1 unspecified atom stereocenters. The zero-order valence-corrected chi connectivity index (χ0v) is 19.2. The Hall–Kier alpha value is -2.22. The summed E-state index contributed by atoms with van der Waals surface area (Å²) in [6.07, 6.45) is 0.694. The number of anilines is 1. The van der Waals surface area contributed by atoms with Crippen LogP contribution in [0.25, 0.3) is 0 Å². The highest BCUT2D eigenvalue weighted by atomic mass is 35.5. The molecule has 3 rings (SSSR count). The lowest BCUT2D eigenvalue weighted by Gasteiger charge is -2.14. The van der Waals surface area contributed by atoms with Crippen LogP contribution in [-0.2, 0) is 18.3 Å². The number of thioether (sulfide) groups is 1. The van der Waals surface area contributed by atoms with Gasteiger partial charge in [-0.1, -0.05) is 54.0 Å². The first-order chi connectivity index (χ1) is 14.4. The molecule has 1 heterocycles. The summed E-state index contributed by atoms with van der Waals surface area (Å²) in [5.41, 5.74) is 1.73. The van der Waals surface area contributed by atoms with Gasteiger partial charge in [-0.05, 0) is 49.2 Å². The molecule has 1 N–H and O–H groups in total. The highest BCUT2D eigenvalue weighted by Crippen LogP contribution is 2.27. The summed E-state index contributed by atoms with van der Waals surface area (Å²) in [4.78, 5) is 12.3. The number of carbonyl (C=O) groups excluding carboxylic acids is 1. The van der Waals surface area contributed by atoms with E-state index in [1.54, 1.807) is 18.2 Å². The monoisotopic (exact) mass is 464 g/mol. The van der Waals surface area contributed by atoms with Crippen molar-refractivity contribution in [2.45, 2.75) is 31.5 Å². The molecule has 0 radical (unpaired) electrons. The Labute approximate surface area is 189 Å². The van der Waals surface area contributed by atoms with Gasteiger partial charge in [-0.2, -0.15) is 0 Å². The van der Waals surface area contributed by atoms with Crippen molar-refractivity contribution in [3.8, 4) is 5.75 Å². The van der Waals surface area contributed by atoms with Gasteiger partial charge in [-0.25, -0.2) is 0 Å². The summed E-state index contributed by atoms with van der Waals surface area (Å²) in [6, 6.07) is 12.9. The summed E-state index contributed by atoms with van der Waals surface area (Å²) in [7, 11) is 1.85. The van der Waals surface area contributed by atoms with Crippen molar-refractivity contribution in [3.63, 3.8) is 0 Å². The summed E-state index contributed by atoms with van der Waals surface area (Å²) in [5, 5.41) is 12.7. The Morgan fingerprint density at radius 2 is 1.93 bits per heavy atom. The quantitative estimate of drug-likeness (QED) is 0.442. The predicted octanol–water partition coefficient (Wildman–Crippen LogP) is 5.56. The summed E-state index contributed by atoms with van der Waals surface area (Å²) >= 11 is 13.3. The number of rotatable bonds is 8. The van der Waals surface area contributed by atoms with E-state index in [1.807, 2.05) is 42.8 Å². The standard InChI is InChI=1S/C21H22Cl2N4O2S/c1-4-14-5-8-16(9-6-14)29-13(2)20-25-26-21(27(20)3)30-12-19(28)24-18-11-15(22)7-10-17(18)23/h5-11,13H,4,12H2,1-3H3,(H,24,28). The Kier molecular flexibility index (Phi) is 7.64. The van der Waals surface area contributed by atoms with E-state index in [9.17, 15) is 4.79 Å². The maximum Gasteiger partial charge on any atom is 0.234 e. The molecule has 1 aromatic heterocycles. The van der Waals surface area contributed by atoms with Crippen LogP contribution in [-0.4, -0.2) is 26.4 Å². The molecule has 158 valence electrons. The Morgan fingerprint density at radius 1 is 1.20 bits per heavy atom. The molecule has 0 aliphatic rings. The van der Waals surface area contributed by atoms with E-state index in [-0.39, 0.29) is 17.8 Å². The van der Waals surface area contributed by atoms with Crippen LogP contribution in [0.1, 0.15) is 31.3 Å². The van der Waals surface area contributed by atoms with Crippen molar-refractivity contribution >= 4 is 46.6 Å². The summed E-state index contributed by atoms with van der Waals surface area (Å²) < 4.78 is 7.81. The van der Waals surface area contributed by atoms with Crippen LogP contribution in [0.3, 0.4) is 0 Å². The number of amides is 1. The number of ether oxygens (including phenoxy) is 1. The van der Waals surface area contributed by atoms with Crippen LogP contribution in [0, 0.1) is 0 Å². The molecule has 9 heteroatoms. The van der Waals surface area contributed by atoms with Crippen molar-refractivity contribution in [1.82, 2.24) is 14.8 Å². The van der Waals surface area contributed by atoms with Crippen molar-refractivity contribution in [2.24, 2.45) is 7.05 Å². The first-order valence-corrected chi connectivity index (χ1v) is 11.1. The molecular weight excluding hydrogens is 443 g/mol. The van der Waals surface area contributed by atoms with E-state index >= 15 is 0 Å². The molecule has 0 bridgehead atoms. The molecule has 3 aromatic rings. The number of nitrogens with zero attached hydrogens (tertiary/aromatic N) is 3. The van der Waals surface area contributed by atoms with Gasteiger partial charge in [0.25, 0.3) is 0 Å². The molecule has 0 aliphatic heterocycles. The van der Waals surface area contributed by atoms with Gasteiger partial charge in [0.05, 0.1) is 16.5 Å². The number of nitrogens with one attached hydrogen (secondary N) is 1. The Bertz CT molecular complexity index is 1020. The van der Waals surface area contributed by atoms with Crippen molar-refractivity contribution < 1.29 is 9.53 Å². The lowest BCUT2D eigenvalue weighted by molar-refractivity contribution is -0.113. The average Bonchev–Trinajstić information content (AvgIpc) is 3.10. The number of carbonyl (C=O) groups is 1. The van der Waals surface area contributed by atoms with Gasteiger partial charge in [0.15, 0.2) is 17.1 Å². The molecule has 0 saturated carbocycles. The lowest BCUT2D eigenvalue weighted by atomic mass is 10.2. The largest absolute Gasteiger partial charge is 0.483 e. The minimum Gasteiger partial charge on any atom is -0.483 e. The van der Waals surface area contributed by atoms with Gasteiger partial charge in [-0.15, -0.1) is 10.2 Å². The van der Waals surface area contributed by atoms with Gasteiger partial charge in [0, 0.05) is 12.1 Å².